The van der Waals surface area contributed by atoms with Gasteiger partial charge in [0.2, 0.25) is 0 Å². The lowest BCUT2D eigenvalue weighted by Gasteiger charge is -2.09. The summed E-state index contributed by atoms with van der Waals surface area (Å²) in [4.78, 5) is 4.15. The Kier molecular flexibility index (Phi) is 4.59. The maximum Gasteiger partial charge on any atom is 0.138 e. The molecule has 0 saturated carbocycles. The maximum atomic E-state index is 9.63. The lowest BCUT2D eigenvalue weighted by atomic mass is 10.1. The molecule has 1 N–H and O–H groups in total. The first kappa shape index (κ1) is 11.2. The molecule has 4 nitrogen and oxygen atoms in total. The number of aryl methyl sites for hydroxylation is 1. The number of nitrogens with zero attached hydrogens (tertiary/aromatic N) is 3. The lowest BCUT2D eigenvalue weighted by molar-refractivity contribution is 0.159. The quantitative estimate of drug-likeness (QED) is 0.749. The minimum Gasteiger partial charge on any atom is -0.393 e. The fourth-order valence-electron chi connectivity index (χ4n) is 1.49. The van der Waals surface area contributed by atoms with Crippen molar-refractivity contribution in [1.82, 2.24) is 14.8 Å². The van der Waals surface area contributed by atoms with Gasteiger partial charge in [-0.25, -0.2) is 4.98 Å². The second kappa shape index (κ2) is 5.75. The third-order valence-corrected chi connectivity index (χ3v) is 2.17. The van der Waals surface area contributed by atoms with Gasteiger partial charge in [0.1, 0.15) is 12.2 Å². The molecule has 1 heterocycles. The third-order valence-electron chi connectivity index (χ3n) is 2.17. The summed E-state index contributed by atoms with van der Waals surface area (Å²) in [6.07, 6.45) is 4.78. The Morgan fingerprint density at radius 1 is 1.43 bits per heavy atom. The fourth-order valence-corrected chi connectivity index (χ4v) is 1.49. The molecular weight excluding hydrogens is 178 g/mol. The second-order valence-electron chi connectivity index (χ2n) is 3.55. The number of rotatable bonds is 6. The van der Waals surface area contributed by atoms with Gasteiger partial charge >= 0.3 is 0 Å². The molecule has 0 fully saturated rings. The molecule has 0 aliphatic rings. The summed E-state index contributed by atoms with van der Waals surface area (Å²) in [6, 6.07) is 0. The minimum absolute atomic E-state index is 0.278. The van der Waals surface area contributed by atoms with Crippen LogP contribution >= 0.6 is 0 Å². The van der Waals surface area contributed by atoms with E-state index in [0.717, 1.165) is 31.6 Å². The van der Waals surface area contributed by atoms with Gasteiger partial charge in [0.25, 0.3) is 0 Å². The van der Waals surface area contributed by atoms with Crippen molar-refractivity contribution >= 4 is 0 Å². The van der Waals surface area contributed by atoms with Gasteiger partial charge in [-0.05, 0) is 12.8 Å². The van der Waals surface area contributed by atoms with Crippen molar-refractivity contribution in [3.63, 3.8) is 0 Å². The molecule has 0 aliphatic carbocycles. The molecule has 0 amide bonds. The topological polar surface area (TPSA) is 50.9 Å². The van der Waals surface area contributed by atoms with Crippen LogP contribution in [0.1, 0.15) is 38.9 Å². The van der Waals surface area contributed by atoms with E-state index in [4.69, 9.17) is 0 Å². The maximum absolute atomic E-state index is 9.63. The first-order valence-electron chi connectivity index (χ1n) is 5.32. The summed E-state index contributed by atoms with van der Waals surface area (Å²) in [6.45, 7) is 5.06. The molecule has 4 heteroatoms. The summed E-state index contributed by atoms with van der Waals surface area (Å²) in [5.41, 5.74) is 0. The fraction of sp³-hybridized carbons (Fsp3) is 0.800. The lowest BCUT2D eigenvalue weighted by Crippen LogP contribution is -2.15. The predicted molar refractivity (Wildman–Crippen MR) is 54.9 cm³/mol. The first-order chi connectivity index (χ1) is 6.77. The van der Waals surface area contributed by atoms with E-state index in [9.17, 15) is 5.11 Å². The highest BCUT2D eigenvalue weighted by Crippen LogP contribution is 2.05. The van der Waals surface area contributed by atoms with Crippen molar-refractivity contribution in [3.05, 3.63) is 12.2 Å². The third kappa shape index (κ3) is 3.10. The summed E-state index contributed by atoms with van der Waals surface area (Å²) in [5, 5.41) is 13.7. The van der Waals surface area contributed by atoms with Crippen LogP contribution in [0.3, 0.4) is 0 Å². The molecule has 0 aromatic carbocycles. The average Bonchev–Trinajstić information content (AvgIpc) is 2.54. The van der Waals surface area contributed by atoms with Gasteiger partial charge in [0, 0.05) is 13.0 Å². The van der Waals surface area contributed by atoms with Gasteiger partial charge in [-0.2, -0.15) is 5.10 Å². The van der Waals surface area contributed by atoms with Crippen molar-refractivity contribution in [2.75, 3.05) is 0 Å². The van der Waals surface area contributed by atoms with E-state index in [-0.39, 0.29) is 6.10 Å². The van der Waals surface area contributed by atoms with Crippen molar-refractivity contribution in [2.45, 2.75) is 52.2 Å². The monoisotopic (exact) mass is 197 g/mol. The van der Waals surface area contributed by atoms with Crippen LogP contribution in [-0.4, -0.2) is 26.0 Å². The van der Waals surface area contributed by atoms with Crippen LogP contribution in [0.25, 0.3) is 0 Å². The highest BCUT2D eigenvalue weighted by Gasteiger charge is 2.09. The smallest absolute Gasteiger partial charge is 0.138 e. The van der Waals surface area contributed by atoms with Crippen LogP contribution in [0.2, 0.25) is 0 Å². The van der Waals surface area contributed by atoms with E-state index >= 15 is 0 Å². The van der Waals surface area contributed by atoms with Gasteiger partial charge in [-0.1, -0.05) is 20.3 Å². The molecule has 0 aliphatic heterocycles. The molecule has 80 valence electrons. The summed E-state index contributed by atoms with van der Waals surface area (Å²) < 4.78 is 1.87. The highest BCUT2D eigenvalue weighted by atomic mass is 16.3. The zero-order valence-electron chi connectivity index (χ0n) is 8.98. The van der Waals surface area contributed by atoms with Crippen LogP contribution in [0.15, 0.2) is 6.33 Å². The molecule has 1 unspecified atom stereocenters. The second-order valence-corrected chi connectivity index (χ2v) is 3.55. The number of hydrogen-bond donors (Lipinski definition) is 1. The Morgan fingerprint density at radius 2 is 2.21 bits per heavy atom. The van der Waals surface area contributed by atoms with Crippen LogP contribution < -0.4 is 0 Å². The molecular formula is C10H19N3O. The standard InChI is InChI=1S/C10H19N3O/c1-3-5-9(14)7-10-11-8-12-13(10)6-4-2/h8-9,14H,3-7H2,1-2H3. The first-order valence-corrected chi connectivity index (χ1v) is 5.32. The molecule has 1 rings (SSSR count). The predicted octanol–water partition coefficient (Wildman–Crippen LogP) is 1.39. The zero-order chi connectivity index (χ0) is 10.4. The summed E-state index contributed by atoms with van der Waals surface area (Å²) in [5.74, 6) is 0.896. The zero-order valence-corrected chi connectivity index (χ0v) is 8.98. The van der Waals surface area contributed by atoms with Gasteiger partial charge in [-0.3, -0.25) is 4.68 Å². The van der Waals surface area contributed by atoms with Crippen LogP contribution in [-0.2, 0) is 13.0 Å². The Labute approximate surface area is 85.0 Å². The van der Waals surface area contributed by atoms with Gasteiger partial charge in [-0.15, -0.1) is 0 Å². The van der Waals surface area contributed by atoms with Crippen molar-refractivity contribution in [2.24, 2.45) is 0 Å². The van der Waals surface area contributed by atoms with Crippen LogP contribution in [0.4, 0.5) is 0 Å². The molecule has 1 atom stereocenters. The van der Waals surface area contributed by atoms with Gasteiger partial charge in [0.15, 0.2) is 0 Å². The largest absolute Gasteiger partial charge is 0.393 e. The molecule has 1 aromatic heterocycles. The molecule has 0 bridgehead atoms. The molecule has 14 heavy (non-hydrogen) atoms. The van der Waals surface area contributed by atoms with E-state index in [1.165, 1.54) is 0 Å². The van der Waals surface area contributed by atoms with Gasteiger partial charge < -0.3 is 5.11 Å². The Morgan fingerprint density at radius 3 is 2.86 bits per heavy atom. The minimum atomic E-state index is -0.278. The van der Waals surface area contributed by atoms with E-state index in [2.05, 4.69) is 23.9 Å². The van der Waals surface area contributed by atoms with Crippen molar-refractivity contribution < 1.29 is 5.11 Å². The highest BCUT2D eigenvalue weighted by molar-refractivity contribution is 4.87. The summed E-state index contributed by atoms with van der Waals surface area (Å²) >= 11 is 0. The van der Waals surface area contributed by atoms with Crippen molar-refractivity contribution in [3.8, 4) is 0 Å². The molecule has 0 saturated heterocycles. The number of aliphatic hydroxyl groups excluding tert-OH is 1. The Bertz CT molecular complexity index is 260. The van der Waals surface area contributed by atoms with Gasteiger partial charge in [0.05, 0.1) is 6.10 Å². The molecule has 0 spiro atoms. The number of aliphatic hydroxyl groups is 1. The van der Waals surface area contributed by atoms with E-state index in [1.807, 2.05) is 4.68 Å². The SMILES string of the molecule is CCCC(O)Cc1ncnn1CCC. The van der Waals surface area contributed by atoms with Crippen LogP contribution in [0.5, 0.6) is 0 Å². The number of aromatic nitrogens is 3. The molecule has 1 aromatic rings. The van der Waals surface area contributed by atoms with E-state index < -0.39 is 0 Å². The molecule has 0 radical (unpaired) electrons. The van der Waals surface area contributed by atoms with E-state index in [0.29, 0.717) is 6.42 Å². The summed E-state index contributed by atoms with van der Waals surface area (Å²) in [7, 11) is 0. The number of hydrogen-bond acceptors (Lipinski definition) is 3. The van der Waals surface area contributed by atoms with Crippen LogP contribution in [0, 0.1) is 0 Å². The van der Waals surface area contributed by atoms with Crippen molar-refractivity contribution in [1.29, 1.82) is 0 Å². The normalized spacial score (nSPS) is 13.1. The Balaban J connectivity index is 2.52. The Hall–Kier alpha value is -0.900. The average molecular weight is 197 g/mol. The van der Waals surface area contributed by atoms with E-state index in [1.54, 1.807) is 6.33 Å².